The largest absolute Gasteiger partial charge is 0.491 e. The van der Waals surface area contributed by atoms with Crippen LogP contribution >= 0.6 is 0 Å². The summed E-state index contributed by atoms with van der Waals surface area (Å²) in [5.74, 6) is 0.972. The van der Waals surface area contributed by atoms with Gasteiger partial charge in [-0.2, -0.15) is 0 Å². The van der Waals surface area contributed by atoms with Crippen LogP contribution < -0.4 is 10.5 Å². The number of aryl methyl sites for hydroxylation is 1. The fourth-order valence-corrected chi connectivity index (χ4v) is 2.84. The van der Waals surface area contributed by atoms with E-state index >= 15 is 0 Å². The van der Waals surface area contributed by atoms with Gasteiger partial charge in [-0.05, 0) is 39.7 Å². The van der Waals surface area contributed by atoms with Crippen LogP contribution in [0.25, 0.3) is 0 Å². The van der Waals surface area contributed by atoms with Crippen molar-refractivity contribution in [2.45, 2.75) is 64.5 Å². The van der Waals surface area contributed by atoms with Gasteiger partial charge in [-0.15, -0.1) is 0 Å². The third kappa shape index (κ3) is 2.86. The van der Waals surface area contributed by atoms with Crippen molar-refractivity contribution in [3.63, 3.8) is 0 Å². The van der Waals surface area contributed by atoms with E-state index in [9.17, 15) is 0 Å². The SMILES string of the molecule is Cc1ccc(OC(C)C)c(C2(N)CCCCC2)c1. The Balaban J connectivity index is 2.37. The fourth-order valence-electron chi connectivity index (χ4n) is 2.84. The Morgan fingerprint density at radius 2 is 1.83 bits per heavy atom. The number of hydrogen-bond donors (Lipinski definition) is 1. The molecule has 100 valence electrons. The van der Waals surface area contributed by atoms with E-state index in [4.69, 9.17) is 10.5 Å². The van der Waals surface area contributed by atoms with Crippen LogP contribution in [0.4, 0.5) is 0 Å². The number of ether oxygens (including phenoxy) is 1. The molecule has 2 heteroatoms. The Hall–Kier alpha value is -1.02. The molecule has 1 saturated carbocycles. The Morgan fingerprint density at radius 1 is 1.17 bits per heavy atom. The number of benzene rings is 1. The van der Waals surface area contributed by atoms with Crippen molar-refractivity contribution in [2.24, 2.45) is 5.73 Å². The van der Waals surface area contributed by atoms with Gasteiger partial charge in [-0.25, -0.2) is 0 Å². The zero-order chi connectivity index (χ0) is 13.2. The van der Waals surface area contributed by atoms with Crippen molar-refractivity contribution in [1.29, 1.82) is 0 Å². The molecule has 0 aliphatic heterocycles. The Kier molecular flexibility index (Phi) is 3.96. The lowest BCUT2D eigenvalue weighted by Crippen LogP contribution is -2.39. The van der Waals surface area contributed by atoms with E-state index in [0.717, 1.165) is 18.6 Å². The normalized spacial score (nSPS) is 18.9. The highest BCUT2D eigenvalue weighted by atomic mass is 16.5. The molecular weight excluding hydrogens is 222 g/mol. The first-order chi connectivity index (χ1) is 8.51. The van der Waals surface area contributed by atoms with Crippen molar-refractivity contribution in [2.75, 3.05) is 0 Å². The average Bonchev–Trinajstić information content (AvgIpc) is 2.32. The van der Waals surface area contributed by atoms with Gasteiger partial charge in [0.25, 0.3) is 0 Å². The first-order valence-corrected chi connectivity index (χ1v) is 7.08. The second kappa shape index (κ2) is 5.31. The summed E-state index contributed by atoms with van der Waals surface area (Å²) in [5.41, 5.74) is 8.92. The summed E-state index contributed by atoms with van der Waals surface area (Å²) in [6, 6.07) is 6.39. The predicted molar refractivity (Wildman–Crippen MR) is 75.9 cm³/mol. The number of hydrogen-bond acceptors (Lipinski definition) is 2. The molecule has 0 aromatic heterocycles. The molecule has 0 radical (unpaired) electrons. The summed E-state index contributed by atoms with van der Waals surface area (Å²) in [6.07, 6.45) is 6.11. The van der Waals surface area contributed by atoms with Crippen molar-refractivity contribution in [3.05, 3.63) is 29.3 Å². The summed E-state index contributed by atoms with van der Waals surface area (Å²) < 4.78 is 5.94. The molecule has 0 unspecified atom stereocenters. The first kappa shape index (κ1) is 13.4. The van der Waals surface area contributed by atoms with Crippen molar-refractivity contribution in [1.82, 2.24) is 0 Å². The molecule has 1 aromatic carbocycles. The van der Waals surface area contributed by atoms with E-state index in [1.165, 1.54) is 30.4 Å². The van der Waals surface area contributed by atoms with Crippen LogP contribution in [-0.2, 0) is 5.54 Å². The molecular formula is C16H25NO. The molecule has 0 bridgehead atoms. The van der Waals surface area contributed by atoms with E-state index < -0.39 is 0 Å². The molecule has 0 atom stereocenters. The van der Waals surface area contributed by atoms with Gasteiger partial charge in [-0.3, -0.25) is 0 Å². The minimum atomic E-state index is -0.186. The number of rotatable bonds is 3. The van der Waals surface area contributed by atoms with Gasteiger partial charge in [-0.1, -0.05) is 37.0 Å². The number of nitrogens with two attached hydrogens (primary N) is 1. The van der Waals surface area contributed by atoms with Crippen LogP contribution in [0.3, 0.4) is 0 Å². The molecule has 2 N–H and O–H groups in total. The van der Waals surface area contributed by atoms with Gasteiger partial charge in [0.1, 0.15) is 5.75 Å². The van der Waals surface area contributed by atoms with E-state index in [1.807, 2.05) is 0 Å². The van der Waals surface area contributed by atoms with E-state index in [1.54, 1.807) is 0 Å². The molecule has 0 spiro atoms. The molecule has 0 amide bonds. The standard InChI is InChI=1S/C16H25NO/c1-12(2)18-15-8-7-13(3)11-14(15)16(17)9-5-4-6-10-16/h7-8,11-12H,4-6,9-10,17H2,1-3H3. The summed E-state index contributed by atoms with van der Waals surface area (Å²) in [5, 5.41) is 0. The molecule has 1 aliphatic carbocycles. The second-order valence-corrected chi connectivity index (χ2v) is 5.88. The maximum Gasteiger partial charge on any atom is 0.124 e. The lowest BCUT2D eigenvalue weighted by molar-refractivity contribution is 0.225. The van der Waals surface area contributed by atoms with Gasteiger partial charge in [0.05, 0.1) is 6.10 Å². The lowest BCUT2D eigenvalue weighted by atomic mass is 9.77. The van der Waals surface area contributed by atoms with Crippen LogP contribution in [0.15, 0.2) is 18.2 Å². The first-order valence-electron chi connectivity index (χ1n) is 7.08. The van der Waals surface area contributed by atoms with Crippen molar-refractivity contribution < 1.29 is 4.74 Å². The van der Waals surface area contributed by atoms with Crippen molar-refractivity contribution in [3.8, 4) is 5.75 Å². The van der Waals surface area contributed by atoms with Crippen LogP contribution in [0, 0.1) is 6.92 Å². The van der Waals surface area contributed by atoms with Crippen LogP contribution in [0.2, 0.25) is 0 Å². The molecule has 2 nitrogen and oxygen atoms in total. The van der Waals surface area contributed by atoms with E-state index in [0.29, 0.717) is 0 Å². The summed E-state index contributed by atoms with van der Waals surface area (Å²) in [7, 11) is 0. The van der Waals surface area contributed by atoms with E-state index in [-0.39, 0.29) is 11.6 Å². The Bertz CT molecular complexity index is 406. The second-order valence-electron chi connectivity index (χ2n) is 5.88. The molecule has 2 rings (SSSR count). The molecule has 1 aromatic rings. The van der Waals surface area contributed by atoms with Gasteiger partial charge in [0, 0.05) is 11.1 Å². The highest BCUT2D eigenvalue weighted by molar-refractivity contribution is 5.42. The minimum Gasteiger partial charge on any atom is -0.491 e. The van der Waals surface area contributed by atoms with Crippen LogP contribution in [0.5, 0.6) is 5.75 Å². The van der Waals surface area contributed by atoms with E-state index in [2.05, 4.69) is 39.0 Å². The molecule has 0 saturated heterocycles. The zero-order valence-corrected chi connectivity index (χ0v) is 11.8. The fraction of sp³-hybridized carbons (Fsp3) is 0.625. The van der Waals surface area contributed by atoms with Gasteiger partial charge < -0.3 is 10.5 Å². The Morgan fingerprint density at radius 3 is 2.44 bits per heavy atom. The summed E-state index contributed by atoms with van der Waals surface area (Å²) in [6.45, 7) is 6.25. The topological polar surface area (TPSA) is 35.2 Å². The van der Waals surface area contributed by atoms with Gasteiger partial charge in [0.15, 0.2) is 0 Å². The van der Waals surface area contributed by atoms with Gasteiger partial charge >= 0.3 is 0 Å². The highest BCUT2D eigenvalue weighted by Gasteiger charge is 2.32. The average molecular weight is 247 g/mol. The monoisotopic (exact) mass is 247 g/mol. The minimum absolute atomic E-state index is 0.186. The molecule has 1 fully saturated rings. The summed E-state index contributed by atoms with van der Waals surface area (Å²) in [4.78, 5) is 0. The Labute approximate surface area is 111 Å². The maximum absolute atomic E-state index is 6.65. The zero-order valence-electron chi connectivity index (χ0n) is 11.8. The molecule has 0 heterocycles. The van der Waals surface area contributed by atoms with Crippen LogP contribution in [-0.4, -0.2) is 6.10 Å². The van der Waals surface area contributed by atoms with Crippen molar-refractivity contribution >= 4 is 0 Å². The third-order valence-corrected chi connectivity index (χ3v) is 3.78. The smallest absolute Gasteiger partial charge is 0.124 e. The quantitative estimate of drug-likeness (QED) is 0.879. The lowest BCUT2D eigenvalue weighted by Gasteiger charge is -2.35. The maximum atomic E-state index is 6.65. The van der Waals surface area contributed by atoms with Crippen LogP contribution in [0.1, 0.15) is 57.1 Å². The third-order valence-electron chi connectivity index (χ3n) is 3.78. The van der Waals surface area contributed by atoms with Gasteiger partial charge in [0.2, 0.25) is 0 Å². The highest BCUT2D eigenvalue weighted by Crippen LogP contribution is 2.39. The summed E-state index contributed by atoms with van der Waals surface area (Å²) >= 11 is 0. The molecule has 18 heavy (non-hydrogen) atoms. The molecule has 1 aliphatic rings. The predicted octanol–water partition coefficient (Wildman–Crippen LogP) is 3.90.